The number of rotatable bonds is 4. The van der Waals surface area contributed by atoms with Crippen molar-refractivity contribution in [3.8, 4) is 0 Å². The van der Waals surface area contributed by atoms with E-state index in [1.807, 2.05) is 48.1 Å². The molecule has 1 amide bonds. The average molecular weight is 242 g/mol. The number of hydrogen-bond donors (Lipinski definition) is 1. The fraction of sp³-hybridized carbons (Fsp3) is 0.154. The van der Waals surface area contributed by atoms with Gasteiger partial charge in [0.05, 0.1) is 18.3 Å². The summed E-state index contributed by atoms with van der Waals surface area (Å²) in [6, 6.07) is 9.31. The van der Waals surface area contributed by atoms with Crippen molar-refractivity contribution in [2.24, 2.45) is 12.1 Å². The van der Waals surface area contributed by atoms with Gasteiger partial charge in [0.1, 0.15) is 0 Å². The Kier molecular flexibility index (Phi) is 3.86. The first-order valence-corrected chi connectivity index (χ1v) is 5.59. The largest absolute Gasteiger partial charge is 0.354 e. The second-order valence-corrected chi connectivity index (χ2v) is 3.83. The fourth-order valence-corrected chi connectivity index (χ4v) is 1.51. The summed E-state index contributed by atoms with van der Waals surface area (Å²) in [6.07, 6.45) is 5.40. The second kappa shape index (κ2) is 5.77. The molecule has 18 heavy (non-hydrogen) atoms. The van der Waals surface area contributed by atoms with E-state index in [-0.39, 0.29) is 5.91 Å². The molecule has 0 aliphatic heterocycles. The Morgan fingerprint density at radius 2 is 2.33 bits per heavy atom. The predicted octanol–water partition coefficient (Wildman–Crippen LogP) is 1.11. The first-order valence-electron chi connectivity index (χ1n) is 5.59. The maximum atomic E-state index is 11.6. The van der Waals surface area contributed by atoms with E-state index in [1.54, 1.807) is 6.20 Å². The predicted molar refractivity (Wildman–Crippen MR) is 69.1 cm³/mol. The van der Waals surface area contributed by atoms with Crippen LogP contribution in [-0.4, -0.2) is 21.7 Å². The molecule has 0 spiro atoms. The topological polar surface area (TPSA) is 59.3 Å². The Bertz CT molecular complexity index is 545. The van der Waals surface area contributed by atoms with Crippen LogP contribution in [0.4, 0.5) is 0 Å². The van der Waals surface area contributed by atoms with Gasteiger partial charge in [0.25, 0.3) is 0 Å². The third kappa shape index (κ3) is 3.28. The van der Waals surface area contributed by atoms with Crippen molar-refractivity contribution in [3.63, 3.8) is 0 Å². The van der Waals surface area contributed by atoms with Gasteiger partial charge in [-0.05, 0) is 24.3 Å². The van der Waals surface area contributed by atoms with Crippen molar-refractivity contribution in [2.45, 2.75) is 6.42 Å². The Hall–Kier alpha value is -2.43. The molecule has 0 unspecified atom stereocenters. The molecule has 5 nitrogen and oxygen atoms in total. The van der Waals surface area contributed by atoms with Crippen molar-refractivity contribution in [1.29, 1.82) is 0 Å². The van der Waals surface area contributed by atoms with E-state index in [4.69, 9.17) is 0 Å². The van der Waals surface area contributed by atoms with Gasteiger partial charge in [-0.3, -0.25) is 9.78 Å². The van der Waals surface area contributed by atoms with Crippen molar-refractivity contribution in [1.82, 2.24) is 15.0 Å². The number of hydrazone groups is 1. The molecular weight excluding hydrogens is 228 g/mol. The van der Waals surface area contributed by atoms with Crippen LogP contribution < -0.4 is 5.43 Å². The van der Waals surface area contributed by atoms with Crippen LogP contribution in [0.3, 0.4) is 0 Å². The average Bonchev–Trinajstić information content (AvgIpc) is 2.76. The summed E-state index contributed by atoms with van der Waals surface area (Å²) in [7, 11) is 1.90. The van der Waals surface area contributed by atoms with Crippen LogP contribution in [0.25, 0.3) is 0 Å². The van der Waals surface area contributed by atoms with Gasteiger partial charge in [0.2, 0.25) is 5.91 Å². The van der Waals surface area contributed by atoms with Gasteiger partial charge in [-0.15, -0.1) is 0 Å². The lowest BCUT2D eigenvalue weighted by atomic mass is 10.3. The Labute approximate surface area is 105 Å². The number of pyridine rings is 1. The molecule has 0 fully saturated rings. The van der Waals surface area contributed by atoms with E-state index in [2.05, 4.69) is 15.5 Å². The van der Waals surface area contributed by atoms with Gasteiger partial charge in [0.15, 0.2) is 0 Å². The van der Waals surface area contributed by atoms with E-state index < -0.39 is 0 Å². The van der Waals surface area contributed by atoms with E-state index >= 15 is 0 Å². The van der Waals surface area contributed by atoms with Crippen molar-refractivity contribution < 1.29 is 4.79 Å². The Morgan fingerprint density at radius 1 is 1.44 bits per heavy atom. The Balaban J connectivity index is 1.86. The standard InChI is InChI=1S/C13H14N4O/c1-17-8-4-6-12(17)9-13(18)16-15-10-11-5-2-3-7-14-11/h2-8,10H,9H2,1H3,(H,16,18)/b15-10+. The van der Waals surface area contributed by atoms with Crippen LogP contribution in [0.1, 0.15) is 11.4 Å². The van der Waals surface area contributed by atoms with Gasteiger partial charge in [-0.2, -0.15) is 5.10 Å². The summed E-state index contributed by atoms with van der Waals surface area (Å²) >= 11 is 0. The molecule has 2 aromatic heterocycles. The van der Waals surface area contributed by atoms with Crippen molar-refractivity contribution >= 4 is 12.1 Å². The number of aromatic nitrogens is 2. The molecule has 2 heterocycles. The smallest absolute Gasteiger partial charge is 0.245 e. The molecule has 1 N–H and O–H groups in total. The number of carbonyl (C=O) groups is 1. The monoisotopic (exact) mass is 242 g/mol. The van der Waals surface area contributed by atoms with Crippen LogP contribution in [0.15, 0.2) is 47.8 Å². The molecule has 2 rings (SSSR count). The fourth-order valence-electron chi connectivity index (χ4n) is 1.51. The summed E-state index contributed by atoms with van der Waals surface area (Å²) in [4.78, 5) is 15.7. The number of nitrogens with zero attached hydrogens (tertiary/aromatic N) is 3. The SMILES string of the molecule is Cn1cccc1CC(=O)N/N=C/c1ccccn1. The molecule has 0 aliphatic carbocycles. The van der Waals surface area contributed by atoms with Crippen LogP contribution in [0, 0.1) is 0 Å². The number of nitrogens with one attached hydrogen (secondary N) is 1. The van der Waals surface area contributed by atoms with Gasteiger partial charge >= 0.3 is 0 Å². The maximum absolute atomic E-state index is 11.6. The van der Waals surface area contributed by atoms with Crippen LogP contribution in [0.5, 0.6) is 0 Å². The summed E-state index contributed by atoms with van der Waals surface area (Å²) < 4.78 is 1.90. The normalized spacial score (nSPS) is 10.7. The highest BCUT2D eigenvalue weighted by molar-refractivity contribution is 5.81. The van der Waals surface area contributed by atoms with Crippen molar-refractivity contribution in [3.05, 3.63) is 54.1 Å². The van der Waals surface area contributed by atoms with Crippen molar-refractivity contribution in [2.75, 3.05) is 0 Å². The minimum Gasteiger partial charge on any atom is -0.354 e. The minimum absolute atomic E-state index is 0.149. The number of amides is 1. The highest BCUT2D eigenvalue weighted by Gasteiger charge is 2.04. The molecule has 0 atom stereocenters. The van der Waals surface area contributed by atoms with Crippen LogP contribution >= 0.6 is 0 Å². The maximum Gasteiger partial charge on any atom is 0.245 e. The second-order valence-electron chi connectivity index (χ2n) is 3.83. The zero-order chi connectivity index (χ0) is 12.8. The van der Waals surface area contributed by atoms with Gasteiger partial charge < -0.3 is 4.57 Å². The number of aryl methyl sites for hydroxylation is 1. The molecule has 2 aromatic rings. The lowest BCUT2D eigenvalue weighted by Gasteiger charge is -2.01. The van der Waals surface area contributed by atoms with Gasteiger partial charge in [0, 0.05) is 25.1 Å². The molecule has 0 bridgehead atoms. The lowest BCUT2D eigenvalue weighted by Crippen LogP contribution is -2.20. The molecular formula is C13H14N4O. The lowest BCUT2D eigenvalue weighted by molar-refractivity contribution is -0.120. The first kappa shape index (κ1) is 12.0. The number of hydrogen-bond acceptors (Lipinski definition) is 3. The third-order valence-corrected chi connectivity index (χ3v) is 2.47. The molecule has 0 saturated heterocycles. The molecule has 0 aliphatic rings. The number of carbonyl (C=O) groups excluding carboxylic acids is 1. The molecule has 0 saturated carbocycles. The highest BCUT2D eigenvalue weighted by atomic mass is 16.2. The first-order chi connectivity index (χ1) is 8.75. The third-order valence-electron chi connectivity index (χ3n) is 2.47. The summed E-state index contributed by atoms with van der Waals surface area (Å²) in [5, 5.41) is 3.86. The van der Waals surface area contributed by atoms with E-state index in [9.17, 15) is 4.79 Å². The van der Waals surface area contributed by atoms with E-state index in [0.29, 0.717) is 12.1 Å². The summed E-state index contributed by atoms with van der Waals surface area (Å²) in [5.74, 6) is -0.149. The quantitative estimate of drug-likeness (QED) is 0.645. The molecule has 5 heteroatoms. The van der Waals surface area contributed by atoms with Gasteiger partial charge in [-0.25, -0.2) is 5.43 Å². The zero-order valence-corrected chi connectivity index (χ0v) is 10.1. The molecule has 92 valence electrons. The summed E-state index contributed by atoms with van der Waals surface area (Å²) in [6.45, 7) is 0. The molecule has 0 aromatic carbocycles. The Morgan fingerprint density at radius 3 is 3.00 bits per heavy atom. The highest BCUT2D eigenvalue weighted by Crippen LogP contribution is 2.00. The molecule has 0 radical (unpaired) electrons. The minimum atomic E-state index is -0.149. The van der Waals surface area contributed by atoms with Crippen LogP contribution in [-0.2, 0) is 18.3 Å². The summed E-state index contributed by atoms with van der Waals surface area (Å²) in [5.41, 5.74) is 4.12. The van der Waals surface area contributed by atoms with E-state index in [0.717, 1.165) is 5.69 Å². The van der Waals surface area contributed by atoms with E-state index in [1.165, 1.54) is 6.21 Å². The van der Waals surface area contributed by atoms with Gasteiger partial charge in [-0.1, -0.05) is 6.07 Å². The van der Waals surface area contributed by atoms with Crippen LogP contribution in [0.2, 0.25) is 0 Å². The zero-order valence-electron chi connectivity index (χ0n) is 10.1.